The summed E-state index contributed by atoms with van der Waals surface area (Å²) < 4.78 is 1.88. The summed E-state index contributed by atoms with van der Waals surface area (Å²) in [5.74, 6) is 0.794. The second-order valence-electron chi connectivity index (χ2n) is 5.22. The van der Waals surface area contributed by atoms with E-state index in [9.17, 15) is 4.79 Å². The fourth-order valence-electron chi connectivity index (χ4n) is 1.48. The third-order valence-corrected chi connectivity index (χ3v) is 3.03. The average Bonchev–Trinajstić information content (AvgIpc) is 2.79. The van der Waals surface area contributed by atoms with Crippen molar-refractivity contribution >= 4 is 6.03 Å². The van der Waals surface area contributed by atoms with E-state index < -0.39 is 0 Å². The van der Waals surface area contributed by atoms with Gasteiger partial charge < -0.3 is 10.6 Å². The third kappa shape index (κ3) is 5.21. The van der Waals surface area contributed by atoms with Crippen LogP contribution in [0.4, 0.5) is 4.79 Å². The molecular formula is C13H24N4O. The van der Waals surface area contributed by atoms with E-state index in [0.717, 1.165) is 6.54 Å². The molecular weight excluding hydrogens is 228 g/mol. The Morgan fingerprint density at radius 2 is 2.06 bits per heavy atom. The summed E-state index contributed by atoms with van der Waals surface area (Å²) in [4.78, 5) is 11.6. The summed E-state index contributed by atoms with van der Waals surface area (Å²) in [5, 5.41) is 9.95. The first-order valence-corrected chi connectivity index (χ1v) is 6.50. The summed E-state index contributed by atoms with van der Waals surface area (Å²) in [6.07, 6.45) is 3.69. The van der Waals surface area contributed by atoms with E-state index in [1.165, 1.54) is 0 Å². The zero-order valence-corrected chi connectivity index (χ0v) is 11.7. The van der Waals surface area contributed by atoms with Gasteiger partial charge in [-0.3, -0.25) is 4.68 Å². The lowest BCUT2D eigenvalue weighted by molar-refractivity contribution is 0.232. The molecule has 1 heterocycles. The molecule has 2 N–H and O–H groups in total. The number of carbonyl (C=O) groups is 1. The number of nitrogens with one attached hydrogen (secondary N) is 2. The molecule has 0 fully saturated rings. The molecule has 18 heavy (non-hydrogen) atoms. The highest BCUT2D eigenvalue weighted by atomic mass is 16.2. The van der Waals surface area contributed by atoms with Crippen LogP contribution in [0.2, 0.25) is 0 Å². The van der Waals surface area contributed by atoms with Gasteiger partial charge in [-0.1, -0.05) is 20.8 Å². The second-order valence-corrected chi connectivity index (χ2v) is 5.22. The van der Waals surface area contributed by atoms with Crippen molar-refractivity contribution in [3.8, 4) is 0 Å². The molecule has 0 saturated heterocycles. The Morgan fingerprint density at radius 3 is 2.61 bits per heavy atom. The van der Waals surface area contributed by atoms with Crippen LogP contribution in [0.1, 0.15) is 27.7 Å². The van der Waals surface area contributed by atoms with Gasteiger partial charge in [-0.15, -0.1) is 0 Å². The Labute approximate surface area is 109 Å². The van der Waals surface area contributed by atoms with Gasteiger partial charge in [-0.05, 0) is 24.8 Å². The minimum atomic E-state index is -0.0940. The van der Waals surface area contributed by atoms with Crippen LogP contribution < -0.4 is 10.6 Å². The van der Waals surface area contributed by atoms with Gasteiger partial charge in [-0.25, -0.2) is 4.79 Å². The van der Waals surface area contributed by atoms with E-state index in [4.69, 9.17) is 0 Å². The van der Waals surface area contributed by atoms with Crippen molar-refractivity contribution in [2.24, 2.45) is 11.8 Å². The molecule has 1 aromatic heterocycles. The Kier molecular flexibility index (Phi) is 5.68. The molecule has 102 valence electrons. The van der Waals surface area contributed by atoms with E-state index in [0.29, 0.717) is 18.4 Å². The maximum atomic E-state index is 11.6. The Bertz CT molecular complexity index is 348. The predicted molar refractivity (Wildman–Crippen MR) is 72.2 cm³/mol. The monoisotopic (exact) mass is 252 g/mol. The molecule has 2 unspecified atom stereocenters. The summed E-state index contributed by atoms with van der Waals surface area (Å²) >= 11 is 0. The highest BCUT2D eigenvalue weighted by molar-refractivity contribution is 5.74. The fraction of sp³-hybridized carbons (Fsp3) is 0.692. The fourth-order valence-corrected chi connectivity index (χ4v) is 1.48. The number of rotatable bonds is 6. The molecule has 0 spiro atoms. The number of hydrogen-bond acceptors (Lipinski definition) is 2. The molecule has 0 saturated carbocycles. The highest BCUT2D eigenvalue weighted by Crippen LogP contribution is 2.00. The van der Waals surface area contributed by atoms with Gasteiger partial charge >= 0.3 is 6.03 Å². The number of nitrogens with zero attached hydrogens (tertiary/aromatic N) is 2. The molecule has 5 nitrogen and oxygen atoms in total. The van der Waals surface area contributed by atoms with Crippen LogP contribution in [-0.4, -0.2) is 28.4 Å². The average molecular weight is 252 g/mol. The van der Waals surface area contributed by atoms with Gasteiger partial charge in [0.1, 0.15) is 0 Å². The van der Waals surface area contributed by atoms with Crippen LogP contribution in [0.3, 0.4) is 0 Å². The molecule has 0 radical (unpaired) electrons. The molecule has 0 aliphatic rings. The molecule has 0 aliphatic carbocycles. The van der Waals surface area contributed by atoms with Gasteiger partial charge in [-0.2, -0.15) is 5.10 Å². The molecule has 1 aromatic rings. The van der Waals surface area contributed by atoms with Crippen LogP contribution in [0, 0.1) is 11.8 Å². The Hall–Kier alpha value is -1.52. The van der Waals surface area contributed by atoms with E-state index >= 15 is 0 Å². The van der Waals surface area contributed by atoms with Crippen molar-refractivity contribution in [3.05, 3.63) is 18.5 Å². The van der Waals surface area contributed by atoms with Crippen LogP contribution >= 0.6 is 0 Å². The van der Waals surface area contributed by atoms with Crippen LogP contribution in [-0.2, 0) is 6.54 Å². The zero-order valence-electron chi connectivity index (χ0n) is 11.7. The number of carbonyl (C=O) groups excluding carboxylic acids is 1. The Balaban J connectivity index is 2.21. The molecule has 0 aromatic carbocycles. The van der Waals surface area contributed by atoms with E-state index in [2.05, 4.69) is 36.5 Å². The lowest BCUT2D eigenvalue weighted by Crippen LogP contribution is -2.44. The first-order valence-electron chi connectivity index (χ1n) is 6.50. The van der Waals surface area contributed by atoms with Gasteiger partial charge in [0.2, 0.25) is 0 Å². The first kappa shape index (κ1) is 14.5. The van der Waals surface area contributed by atoms with Crippen LogP contribution in [0.25, 0.3) is 0 Å². The topological polar surface area (TPSA) is 59.0 Å². The molecule has 1 rings (SSSR count). The lowest BCUT2D eigenvalue weighted by atomic mass is 10.1. The van der Waals surface area contributed by atoms with Gasteiger partial charge in [0.05, 0.1) is 0 Å². The zero-order chi connectivity index (χ0) is 13.5. The quantitative estimate of drug-likeness (QED) is 0.812. The van der Waals surface area contributed by atoms with E-state index in [-0.39, 0.29) is 12.1 Å². The summed E-state index contributed by atoms with van der Waals surface area (Å²) in [5.41, 5.74) is 0. The van der Waals surface area contributed by atoms with Gasteiger partial charge in [0.15, 0.2) is 0 Å². The Morgan fingerprint density at radius 1 is 1.33 bits per heavy atom. The highest BCUT2D eigenvalue weighted by Gasteiger charge is 2.11. The second kappa shape index (κ2) is 7.03. The number of hydrogen-bond donors (Lipinski definition) is 2. The lowest BCUT2D eigenvalue weighted by Gasteiger charge is -2.19. The maximum Gasteiger partial charge on any atom is 0.315 e. The van der Waals surface area contributed by atoms with Gasteiger partial charge in [0.25, 0.3) is 0 Å². The van der Waals surface area contributed by atoms with Crippen molar-refractivity contribution in [3.63, 3.8) is 0 Å². The minimum Gasteiger partial charge on any atom is -0.338 e. The minimum absolute atomic E-state index is 0.0940. The summed E-state index contributed by atoms with van der Waals surface area (Å²) in [6.45, 7) is 9.74. The van der Waals surface area contributed by atoms with Crippen molar-refractivity contribution < 1.29 is 4.79 Å². The van der Waals surface area contributed by atoms with Crippen molar-refractivity contribution in [1.82, 2.24) is 20.4 Å². The first-order chi connectivity index (χ1) is 8.49. The third-order valence-electron chi connectivity index (χ3n) is 3.03. The number of aromatic nitrogens is 2. The van der Waals surface area contributed by atoms with Gasteiger partial charge in [0, 0.05) is 31.5 Å². The number of urea groups is 1. The standard InChI is InChI=1S/C13H24N4O/c1-10(2)12(4)16-13(18)14-8-11(3)9-17-7-5-6-15-17/h5-7,10-12H,8-9H2,1-4H3,(H2,14,16,18). The van der Waals surface area contributed by atoms with E-state index in [1.807, 2.05) is 23.9 Å². The summed E-state index contributed by atoms with van der Waals surface area (Å²) in [6, 6.07) is 1.99. The predicted octanol–water partition coefficient (Wildman–Crippen LogP) is 1.86. The molecule has 0 bridgehead atoms. The van der Waals surface area contributed by atoms with E-state index in [1.54, 1.807) is 6.20 Å². The molecule has 0 aliphatic heterocycles. The maximum absolute atomic E-state index is 11.6. The normalized spacial score (nSPS) is 14.3. The van der Waals surface area contributed by atoms with Crippen LogP contribution in [0.15, 0.2) is 18.5 Å². The largest absolute Gasteiger partial charge is 0.338 e. The SMILES string of the molecule is CC(CNC(=O)NC(C)C(C)C)Cn1cccn1. The van der Waals surface area contributed by atoms with Crippen LogP contribution in [0.5, 0.6) is 0 Å². The van der Waals surface area contributed by atoms with Crippen molar-refractivity contribution in [2.45, 2.75) is 40.3 Å². The van der Waals surface area contributed by atoms with Crippen molar-refractivity contribution in [2.75, 3.05) is 6.54 Å². The summed E-state index contributed by atoms with van der Waals surface area (Å²) in [7, 11) is 0. The smallest absolute Gasteiger partial charge is 0.315 e. The number of amides is 2. The molecule has 2 atom stereocenters. The van der Waals surface area contributed by atoms with Crippen molar-refractivity contribution in [1.29, 1.82) is 0 Å². The molecule has 5 heteroatoms. The molecule has 2 amide bonds.